The molecule has 0 radical (unpaired) electrons. The molecule has 2 N–H and O–H groups in total. The third-order valence-electron chi connectivity index (χ3n) is 4.82. The molecule has 1 aliphatic heterocycles. The van der Waals surface area contributed by atoms with Crippen LogP contribution in [0, 0.1) is 0 Å². The highest BCUT2D eigenvalue weighted by atomic mass is 16.2. The van der Waals surface area contributed by atoms with Crippen LogP contribution in [0.25, 0.3) is 0 Å². The van der Waals surface area contributed by atoms with E-state index in [1.165, 1.54) is 5.56 Å². The van der Waals surface area contributed by atoms with Crippen molar-refractivity contribution in [2.24, 2.45) is 5.73 Å². The third-order valence-corrected chi connectivity index (χ3v) is 4.82. The topological polar surface area (TPSA) is 66.6 Å². The summed E-state index contributed by atoms with van der Waals surface area (Å²) >= 11 is 0. The average molecular weight is 315 g/mol. The summed E-state index contributed by atoms with van der Waals surface area (Å²) in [6, 6.07) is 10.1. The van der Waals surface area contributed by atoms with Gasteiger partial charge in [0.25, 0.3) is 0 Å². The summed E-state index contributed by atoms with van der Waals surface area (Å²) in [7, 11) is 0. The summed E-state index contributed by atoms with van der Waals surface area (Å²) in [5.74, 6) is 0.244. The average Bonchev–Trinajstić information content (AvgIpc) is 3.36. The normalized spacial score (nSPS) is 20.0. The summed E-state index contributed by atoms with van der Waals surface area (Å²) in [6.45, 7) is 2.67. The van der Waals surface area contributed by atoms with Crippen molar-refractivity contribution in [3.05, 3.63) is 35.9 Å². The Kier molecular flexibility index (Phi) is 4.66. The molecular weight excluding hydrogens is 290 g/mol. The van der Waals surface area contributed by atoms with Gasteiger partial charge in [-0.2, -0.15) is 0 Å². The lowest BCUT2D eigenvalue weighted by molar-refractivity contribution is -0.135. The lowest BCUT2D eigenvalue weighted by Crippen LogP contribution is -2.47. The molecule has 0 unspecified atom stereocenters. The Morgan fingerprint density at radius 1 is 1.00 bits per heavy atom. The Labute approximate surface area is 137 Å². The number of nitrogens with two attached hydrogens (primary N) is 1. The smallest absolute Gasteiger partial charge is 0.242 e. The Morgan fingerprint density at radius 3 is 2.35 bits per heavy atom. The number of aryl methyl sites for hydroxylation is 1. The fourth-order valence-electron chi connectivity index (χ4n) is 3.09. The van der Waals surface area contributed by atoms with E-state index < -0.39 is 5.54 Å². The molecule has 23 heavy (non-hydrogen) atoms. The second-order valence-electron chi connectivity index (χ2n) is 6.67. The predicted octanol–water partition coefficient (Wildman–Crippen LogP) is 1.17. The van der Waals surface area contributed by atoms with E-state index in [1.807, 2.05) is 40.1 Å². The van der Waals surface area contributed by atoms with Gasteiger partial charge < -0.3 is 15.5 Å². The third kappa shape index (κ3) is 3.91. The number of carbonyl (C=O) groups is 2. The van der Waals surface area contributed by atoms with Gasteiger partial charge in [-0.25, -0.2) is 0 Å². The molecule has 5 heteroatoms. The molecular formula is C18H25N3O2. The fourth-order valence-corrected chi connectivity index (χ4v) is 3.09. The van der Waals surface area contributed by atoms with Crippen LogP contribution in [-0.4, -0.2) is 53.3 Å². The van der Waals surface area contributed by atoms with Crippen molar-refractivity contribution in [3.63, 3.8) is 0 Å². The molecule has 2 aliphatic rings. The standard InChI is InChI=1S/C18H25N3O2/c19-18(9-10-18)17(23)21-12-4-11-20(13-14-21)16(22)8-7-15-5-2-1-3-6-15/h1-3,5-6H,4,7-14,19H2. The van der Waals surface area contributed by atoms with Gasteiger partial charge in [-0.15, -0.1) is 0 Å². The van der Waals surface area contributed by atoms with Gasteiger partial charge in [-0.3, -0.25) is 9.59 Å². The molecule has 2 fully saturated rings. The molecule has 1 aromatic rings. The Hall–Kier alpha value is -1.88. The number of amides is 2. The van der Waals surface area contributed by atoms with Gasteiger partial charge in [0.15, 0.2) is 0 Å². The van der Waals surface area contributed by atoms with Crippen LogP contribution in [0.3, 0.4) is 0 Å². The zero-order chi connectivity index (χ0) is 16.3. The van der Waals surface area contributed by atoms with Crippen LogP contribution >= 0.6 is 0 Å². The van der Waals surface area contributed by atoms with Crippen LogP contribution in [0.4, 0.5) is 0 Å². The van der Waals surface area contributed by atoms with Crippen LogP contribution < -0.4 is 5.73 Å². The number of benzene rings is 1. The zero-order valence-corrected chi connectivity index (χ0v) is 13.5. The van der Waals surface area contributed by atoms with Gasteiger partial charge >= 0.3 is 0 Å². The minimum Gasteiger partial charge on any atom is -0.341 e. The van der Waals surface area contributed by atoms with Gasteiger partial charge in [0.2, 0.25) is 11.8 Å². The van der Waals surface area contributed by atoms with Crippen molar-refractivity contribution in [3.8, 4) is 0 Å². The van der Waals surface area contributed by atoms with Crippen molar-refractivity contribution < 1.29 is 9.59 Å². The first kappa shape index (κ1) is 16.0. The summed E-state index contributed by atoms with van der Waals surface area (Å²) < 4.78 is 0. The van der Waals surface area contributed by atoms with Crippen LogP contribution in [0.15, 0.2) is 30.3 Å². The molecule has 1 aliphatic carbocycles. The molecule has 1 aromatic carbocycles. The molecule has 1 saturated heterocycles. The number of hydrogen-bond acceptors (Lipinski definition) is 3. The minimum absolute atomic E-state index is 0.0658. The van der Waals surface area contributed by atoms with Gasteiger partial charge in [-0.05, 0) is 31.2 Å². The van der Waals surface area contributed by atoms with Crippen molar-refractivity contribution in [1.82, 2.24) is 9.80 Å². The minimum atomic E-state index is -0.605. The fraction of sp³-hybridized carbons (Fsp3) is 0.556. The molecule has 0 aromatic heterocycles. The molecule has 0 bridgehead atoms. The Balaban J connectivity index is 1.49. The largest absolute Gasteiger partial charge is 0.341 e. The molecule has 0 spiro atoms. The lowest BCUT2D eigenvalue weighted by atomic mass is 10.1. The number of hydrogen-bond donors (Lipinski definition) is 1. The highest BCUT2D eigenvalue weighted by Crippen LogP contribution is 2.34. The van der Waals surface area contributed by atoms with Crippen LogP contribution in [-0.2, 0) is 16.0 Å². The maximum atomic E-state index is 12.4. The summed E-state index contributed by atoms with van der Waals surface area (Å²) in [4.78, 5) is 28.5. The maximum Gasteiger partial charge on any atom is 0.242 e. The molecule has 5 nitrogen and oxygen atoms in total. The van der Waals surface area contributed by atoms with Crippen molar-refractivity contribution in [2.45, 2.75) is 37.6 Å². The maximum absolute atomic E-state index is 12.4. The molecule has 2 amide bonds. The molecule has 1 heterocycles. The molecule has 3 rings (SSSR count). The second-order valence-corrected chi connectivity index (χ2v) is 6.67. The van der Waals surface area contributed by atoms with E-state index >= 15 is 0 Å². The van der Waals surface area contributed by atoms with Crippen LogP contribution in [0.1, 0.15) is 31.2 Å². The number of nitrogens with zero attached hydrogens (tertiary/aromatic N) is 2. The van der Waals surface area contributed by atoms with E-state index in [4.69, 9.17) is 5.73 Å². The Bertz CT molecular complexity index is 569. The highest BCUT2D eigenvalue weighted by Gasteiger charge is 2.48. The molecule has 0 atom stereocenters. The van der Waals surface area contributed by atoms with Crippen molar-refractivity contribution in [2.75, 3.05) is 26.2 Å². The summed E-state index contributed by atoms with van der Waals surface area (Å²) in [6.07, 6.45) is 3.71. The summed E-state index contributed by atoms with van der Waals surface area (Å²) in [5.41, 5.74) is 6.59. The quantitative estimate of drug-likeness (QED) is 0.907. The first-order chi connectivity index (χ1) is 11.1. The second kappa shape index (κ2) is 6.71. The van der Waals surface area contributed by atoms with E-state index in [1.54, 1.807) is 0 Å². The van der Waals surface area contributed by atoms with E-state index in [9.17, 15) is 9.59 Å². The Morgan fingerprint density at radius 2 is 1.65 bits per heavy atom. The van der Waals surface area contributed by atoms with Crippen LogP contribution in [0.5, 0.6) is 0 Å². The molecule has 124 valence electrons. The highest BCUT2D eigenvalue weighted by molar-refractivity contribution is 5.89. The monoisotopic (exact) mass is 315 g/mol. The van der Waals surface area contributed by atoms with Gasteiger partial charge in [0.1, 0.15) is 0 Å². The number of rotatable bonds is 4. The first-order valence-electron chi connectivity index (χ1n) is 8.48. The number of carbonyl (C=O) groups excluding carboxylic acids is 2. The van der Waals surface area contributed by atoms with Gasteiger partial charge in [0.05, 0.1) is 5.54 Å². The zero-order valence-electron chi connectivity index (χ0n) is 13.5. The lowest BCUT2D eigenvalue weighted by Gasteiger charge is -2.24. The van der Waals surface area contributed by atoms with E-state index in [0.29, 0.717) is 26.1 Å². The van der Waals surface area contributed by atoms with Crippen molar-refractivity contribution in [1.29, 1.82) is 0 Å². The van der Waals surface area contributed by atoms with E-state index in [0.717, 1.165) is 32.2 Å². The van der Waals surface area contributed by atoms with Gasteiger partial charge in [-0.1, -0.05) is 30.3 Å². The van der Waals surface area contributed by atoms with E-state index in [-0.39, 0.29) is 11.8 Å². The van der Waals surface area contributed by atoms with Crippen LogP contribution in [0.2, 0.25) is 0 Å². The molecule has 1 saturated carbocycles. The van der Waals surface area contributed by atoms with Gasteiger partial charge in [0, 0.05) is 32.6 Å². The van der Waals surface area contributed by atoms with Crippen molar-refractivity contribution >= 4 is 11.8 Å². The van der Waals surface area contributed by atoms with E-state index in [2.05, 4.69) is 0 Å². The first-order valence-corrected chi connectivity index (χ1v) is 8.48. The summed E-state index contributed by atoms with van der Waals surface area (Å²) in [5, 5.41) is 0. The predicted molar refractivity (Wildman–Crippen MR) is 88.7 cm³/mol. The SMILES string of the molecule is NC1(C(=O)N2CCCN(C(=O)CCc3ccccc3)CC2)CC1.